The second kappa shape index (κ2) is 8.17. The Hall–Kier alpha value is -2.63. The fourth-order valence-electron chi connectivity index (χ4n) is 2.91. The van der Waals surface area contributed by atoms with Crippen LogP contribution in [0.15, 0.2) is 54.6 Å². The van der Waals surface area contributed by atoms with E-state index in [1.165, 1.54) is 5.56 Å². The van der Waals surface area contributed by atoms with Gasteiger partial charge in [-0.15, -0.1) is 0 Å². The Kier molecular flexibility index (Phi) is 5.71. The Morgan fingerprint density at radius 3 is 2.54 bits per heavy atom. The monoisotopic (exact) mass is 360 g/mol. The summed E-state index contributed by atoms with van der Waals surface area (Å²) >= 11 is 0. The highest BCUT2D eigenvalue weighted by molar-refractivity contribution is 5.74. The van der Waals surface area contributed by atoms with Crippen molar-refractivity contribution in [1.82, 2.24) is 10.6 Å². The summed E-state index contributed by atoms with van der Waals surface area (Å²) in [5.74, 6) is 0.367. The van der Waals surface area contributed by atoms with Crippen molar-refractivity contribution in [2.75, 3.05) is 13.2 Å². The van der Waals surface area contributed by atoms with Crippen molar-refractivity contribution in [3.8, 4) is 5.75 Å². The number of rotatable bonds is 8. The van der Waals surface area contributed by atoms with Crippen molar-refractivity contribution < 1.29 is 18.3 Å². The molecule has 3 rings (SSSR count). The molecule has 0 aliphatic heterocycles. The first kappa shape index (κ1) is 18.2. The van der Waals surface area contributed by atoms with E-state index in [4.69, 9.17) is 4.74 Å². The van der Waals surface area contributed by atoms with E-state index in [9.17, 15) is 13.6 Å². The third kappa shape index (κ3) is 4.94. The third-order valence-electron chi connectivity index (χ3n) is 4.55. The molecule has 2 aromatic rings. The Bertz CT molecular complexity index is 734. The quantitative estimate of drug-likeness (QED) is 0.751. The zero-order chi connectivity index (χ0) is 18.4. The molecule has 1 fully saturated rings. The third-order valence-corrected chi connectivity index (χ3v) is 4.55. The lowest BCUT2D eigenvalue weighted by Crippen LogP contribution is -2.39. The van der Waals surface area contributed by atoms with E-state index in [0.29, 0.717) is 18.8 Å². The Morgan fingerprint density at radius 1 is 1.08 bits per heavy atom. The maximum atomic E-state index is 12.2. The second-order valence-electron chi connectivity index (χ2n) is 6.53. The molecule has 2 N–H and O–H groups in total. The van der Waals surface area contributed by atoms with Crippen LogP contribution in [0.25, 0.3) is 0 Å². The second-order valence-corrected chi connectivity index (χ2v) is 6.53. The number of carbonyl (C=O) groups is 1. The van der Waals surface area contributed by atoms with Gasteiger partial charge in [0.1, 0.15) is 12.4 Å². The summed E-state index contributed by atoms with van der Waals surface area (Å²) in [6.45, 7) is 0.259. The van der Waals surface area contributed by atoms with E-state index in [0.717, 1.165) is 18.4 Å². The molecule has 2 aromatic carbocycles. The molecular formula is C20H22F2N2O2. The van der Waals surface area contributed by atoms with Crippen molar-refractivity contribution in [3.05, 3.63) is 65.7 Å². The number of halogens is 2. The predicted octanol–water partition coefficient (Wildman–Crippen LogP) is 3.86. The number of benzene rings is 2. The molecule has 6 heteroatoms. The maximum absolute atomic E-state index is 12.2. The van der Waals surface area contributed by atoms with E-state index in [-0.39, 0.29) is 11.4 Å². The summed E-state index contributed by atoms with van der Waals surface area (Å²) in [5.41, 5.74) is 2.10. The molecule has 0 spiro atoms. The first-order chi connectivity index (χ1) is 12.6. The van der Waals surface area contributed by atoms with E-state index >= 15 is 0 Å². The molecule has 0 bridgehead atoms. The van der Waals surface area contributed by atoms with Crippen LogP contribution in [0.5, 0.6) is 5.75 Å². The van der Waals surface area contributed by atoms with Gasteiger partial charge in [0.2, 0.25) is 0 Å². The van der Waals surface area contributed by atoms with Crippen LogP contribution in [0.1, 0.15) is 24.0 Å². The van der Waals surface area contributed by atoms with E-state index in [1.807, 2.05) is 24.3 Å². The van der Waals surface area contributed by atoms with Gasteiger partial charge in [0, 0.05) is 18.5 Å². The lowest BCUT2D eigenvalue weighted by atomic mass is 9.96. The van der Waals surface area contributed by atoms with Crippen LogP contribution in [0, 0.1) is 0 Å². The van der Waals surface area contributed by atoms with Gasteiger partial charge in [0.15, 0.2) is 0 Å². The van der Waals surface area contributed by atoms with Crippen LogP contribution in [0.3, 0.4) is 0 Å². The lowest BCUT2D eigenvalue weighted by molar-refractivity contribution is 0.0818. The van der Waals surface area contributed by atoms with E-state index in [2.05, 4.69) is 22.8 Å². The van der Waals surface area contributed by atoms with Crippen LogP contribution in [-0.2, 0) is 12.0 Å². The number of ether oxygens (including phenoxy) is 1. The smallest absolute Gasteiger partial charge is 0.315 e. The standard InChI is InChI=1S/C20H22F2N2O2/c21-18(22)13-26-17-8-4-5-15(11-17)12-23-19(25)24-14-20(9-10-20)16-6-2-1-3-7-16/h1-8,11,18H,9-10,12-14H2,(H2,23,24,25). The highest BCUT2D eigenvalue weighted by Crippen LogP contribution is 2.47. The molecule has 1 saturated carbocycles. The topological polar surface area (TPSA) is 50.4 Å². The zero-order valence-electron chi connectivity index (χ0n) is 14.4. The van der Waals surface area contributed by atoms with Crippen molar-refractivity contribution in [2.24, 2.45) is 0 Å². The molecule has 0 radical (unpaired) electrons. The number of urea groups is 1. The SMILES string of the molecule is O=C(NCc1cccc(OCC(F)F)c1)NCC1(c2ccccc2)CC1. The van der Waals surface area contributed by atoms with Crippen molar-refractivity contribution in [1.29, 1.82) is 0 Å². The van der Waals surface area contributed by atoms with Gasteiger partial charge < -0.3 is 15.4 Å². The first-order valence-corrected chi connectivity index (χ1v) is 8.64. The lowest BCUT2D eigenvalue weighted by Gasteiger charge is -2.17. The number of hydrogen-bond acceptors (Lipinski definition) is 2. The van der Waals surface area contributed by atoms with Gasteiger partial charge in [-0.05, 0) is 36.1 Å². The molecule has 26 heavy (non-hydrogen) atoms. The normalized spacial score (nSPS) is 14.7. The summed E-state index contributed by atoms with van der Waals surface area (Å²) in [5, 5.41) is 5.72. The summed E-state index contributed by atoms with van der Waals surface area (Å²) in [7, 11) is 0. The number of nitrogens with one attached hydrogen (secondary N) is 2. The van der Waals surface area contributed by atoms with Gasteiger partial charge in [-0.25, -0.2) is 13.6 Å². The van der Waals surface area contributed by atoms with Gasteiger partial charge in [0.05, 0.1) is 0 Å². The Morgan fingerprint density at radius 2 is 1.85 bits per heavy atom. The van der Waals surface area contributed by atoms with Crippen LogP contribution >= 0.6 is 0 Å². The Balaban J connectivity index is 1.45. The van der Waals surface area contributed by atoms with Crippen molar-refractivity contribution >= 4 is 6.03 Å². The molecule has 0 saturated heterocycles. The predicted molar refractivity (Wildman–Crippen MR) is 95.5 cm³/mol. The largest absolute Gasteiger partial charge is 0.488 e. The highest BCUT2D eigenvalue weighted by Gasteiger charge is 2.44. The number of alkyl halides is 2. The summed E-state index contributed by atoms with van der Waals surface area (Å²) in [6.07, 6.45) is -0.372. The highest BCUT2D eigenvalue weighted by atomic mass is 19.3. The van der Waals surface area contributed by atoms with E-state index in [1.54, 1.807) is 18.2 Å². The van der Waals surface area contributed by atoms with Gasteiger partial charge in [-0.2, -0.15) is 0 Å². The zero-order valence-corrected chi connectivity index (χ0v) is 14.4. The minimum Gasteiger partial charge on any atom is -0.488 e. The molecule has 0 unspecified atom stereocenters. The van der Waals surface area contributed by atoms with Crippen molar-refractivity contribution in [3.63, 3.8) is 0 Å². The molecule has 2 amide bonds. The maximum Gasteiger partial charge on any atom is 0.315 e. The first-order valence-electron chi connectivity index (χ1n) is 8.64. The van der Waals surface area contributed by atoms with Gasteiger partial charge in [-0.3, -0.25) is 0 Å². The molecule has 0 aromatic heterocycles. The van der Waals surface area contributed by atoms with Crippen molar-refractivity contribution in [2.45, 2.75) is 31.2 Å². The van der Waals surface area contributed by atoms with Crippen LogP contribution < -0.4 is 15.4 Å². The van der Waals surface area contributed by atoms with Gasteiger partial charge in [-0.1, -0.05) is 42.5 Å². The molecule has 1 aliphatic carbocycles. The molecule has 1 aliphatic rings. The summed E-state index contributed by atoms with van der Waals surface area (Å²) in [4.78, 5) is 12.1. The van der Waals surface area contributed by atoms with Crippen LogP contribution in [0.2, 0.25) is 0 Å². The fourth-order valence-corrected chi connectivity index (χ4v) is 2.91. The molecule has 4 nitrogen and oxygen atoms in total. The number of amides is 2. The average molecular weight is 360 g/mol. The Labute approximate surface area is 151 Å². The fraction of sp³-hybridized carbons (Fsp3) is 0.350. The molecule has 0 heterocycles. The summed E-state index contributed by atoms with van der Waals surface area (Å²) in [6, 6.07) is 16.7. The number of carbonyl (C=O) groups excluding carboxylic acids is 1. The number of hydrogen-bond donors (Lipinski definition) is 2. The minimum absolute atomic E-state index is 0.0572. The average Bonchev–Trinajstić information content (AvgIpc) is 3.45. The van der Waals surface area contributed by atoms with Gasteiger partial charge in [0.25, 0.3) is 6.43 Å². The molecule has 0 atom stereocenters. The van der Waals surface area contributed by atoms with Crippen LogP contribution in [0.4, 0.5) is 13.6 Å². The molecular weight excluding hydrogens is 338 g/mol. The van der Waals surface area contributed by atoms with E-state index < -0.39 is 13.0 Å². The molecule has 138 valence electrons. The summed E-state index contributed by atoms with van der Waals surface area (Å²) < 4.78 is 29.4. The minimum atomic E-state index is -2.51. The van der Waals surface area contributed by atoms with Gasteiger partial charge >= 0.3 is 6.03 Å². The van der Waals surface area contributed by atoms with Crippen LogP contribution in [-0.4, -0.2) is 25.6 Å².